The van der Waals surface area contributed by atoms with Crippen LogP contribution in [0, 0.1) is 0 Å². The van der Waals surface area contributed by atoms with Gasteiger partial charge in [0, 0.05) is 35.8 Å². The van der Waals surface area contributed by atoms with E-state index in [0.717, 1.165) is 35.3 Å². The number of hydrogen-bond acceptors (Lipinski definition) is 4. The highest BCUT2D eigenvalue weighted by Crippen LogP contribution is 2.74. The first kappa shape index (κ1) is 24.4. The highest BCUT2D eigenvalue weighted by molar-refractivity contribution is 8.12. The van der Waals surface area contributed by atoms with Gasteiger partial charge in [-0.25, -0.2) is 4.79 Å². The number of rotatable bonds is 3. The molecule has 186 valence electrons. The third kappa shape index (κ3) is 2.76. The quantitative estimate of drug-likeness (QED) is 0.445. The molecule has 5 rings (SSSR count). The van der Waals surface area contributed by atoms with Crippen LogP contribution in [0.15, 0.2) is 63.6 Å². The molecule has 2 atom stereocenters. The summed E-state index contributed by atoms with van der Waals surface area (Å²) in [4.78, 5) is 13.7. The molecule has 1 fully saturated rings. The second-order valence-corrected chi connectivity index (χ2v) is 12.3. The van der Waals surface area contributed by atoms with Crippen LogP contribution in [-0.2, 0) is 4.79 Å². The number of carboxylic acids is 1. The molecule has 0 spiro atoms. The van der Waals surface area contributed by atoms with E-state index in [1.807, 2.05) is 19.0 Å². The average Bonchev–Trinajstić information content (AvgIpc) is 3.33. The molecule has 4 aliphatic rings. The molecule has 1 aromatic rings. The molecule has 11 heteroatoms. The normalized spacial score (nSPS) is 31.6. The predicted octanol–water partition coefficient (Wildman–Crippen LogP) is 6.60. The van der Waals surface area contributed by atoms with E-state index in [2.05, 4.69) is 0 Å². The monoisotopic (exact) mass is 531 g/mol. The number of fused-ring (bicyclic) bond motifs is 4. The van der Waals surface area contributed by atoms with Crippen LogP contribution in [0.1, 0.15) is 19.4 Å². The second kappa shape index (κ2) is 6.94. The maximum atomic E-state index is 15.2. The summed E-state index contributed by atoms with van der Waals surface area (Å²) >= 11 is 1.81. The van der Waals surface area contributed by atoms with Crippen molar-refractivity contribution < 1.29 is 36.2 Å². The summed E-state index contributed by atoms with van der Waals surface area (Å²) in [7, 11) is 3.67. The molecular formula is C24H19F6NO2S2. The van der Waals surface area contributed by atoms with Crippen LogP contribution < -0.4 is 4.90 Å². The van der Waals surface area contributed by atoms with E-state index in [0.29, 0.717) is 10.5 Å². The van der Waals surface area contributed by atoms with E-state index in [9.17, 15) is 18.7 Å². The maximum absolute atomic E-state index is 15.2. The van der Waals surface area contributed by atoms with Gasteiger partial charge in [-0.2, -0.15) is 26.3 Å². The Morgan fingerprint density at radius 1 is 0.829 bits per heavy atom. The number of nitrogens with zero attached hydrogens (tertiary/aromatic N) is 1. The Labute approximate surface area is 205 Å². The van der Waals surface area contributed by atoms with Gasteiger partial charge in [0.1, 0.15) is 0 Å². The van der Waals surface area contributed by atoms with Crippen LogP contribution >= 0.6 is 23.5 Å². The van der Waals surface area contributed by atoms with Crippen molar-refractivity contribution in [3.63, 3.8) is 0 Å². The molecule has 0 aromatic heterocycles. The van der Waals surface area contributed by atoms with Gasteiger partial charge in [0.15, 0.2) is 0 Å². The topological polar surface area (TPSA) is 40.5 Å². The Hall–Kier alpha value is -2.27. The number of halogens is 6. The smallest absolute Gasteiger partial charge is 0.380 e. The van der Waals surface area contributed by atoms with Gasteiger partial charge in [0.2, 0.25) is 0 Å². The number of thioether (sulfide) groups is 2. The summed E-state index contributed by atoms with van der Waals surface area (Å²) in [6.45, 7) is 2.97. The number of carboxylic acid groups (broad SMARTS) is 1. The zero-order valence-corrected chi connectivity index (χ0v) is 20.5. The molecule has 0 saturated heterocycles. The van der Waals surface area contributed by atoms with Crippen LogP contribution in [0.2, 0.25) is 0 Å². The summed E-state index contributed by atoms with van der Waals surface area (Å²) in [5.41, 5.74) is -2.22. The standard InChI is InChI=1S/C24H19F6NO2S2/c1-20-13(9-15(34-20)11-5-7-12(8-6-11)31(3)4)17-18(23(27,28)24(29,30)22(17,25)26)14-10-16(19(32)33)35-21(14,20)2/h5-10H,1-4H3,(H,32,33)/t20-,21-/m1/s1. The lowest BCUT2D eigenvalue weighted by molar-refractivity contribution is -0.258. The Morgan fingerprint density at radius 2 is 1.31 bits per heavy atom. The van der Waals surface area contributed by atoms with Gasteiger partial charge in [-0.05, 0) is 54.8 Å². The fourth-order valence-corrected chi connectivity index (χ4v) is 8.06. The van der Waals surface area contributed by atoms with E-state index in [4.69, 9.17) is 0 Å². The van der Waals surface area contributed by atoms with Crippen LogP contribution in [0.5, 0.6) is 0 Å². The Balaban J connectivity index is 1.81. The zero-order chi connectivity index (χ0) is 25.9. The van der Waals surface area contributed by atoms with Crippen molar-refractivity contribution in [2.45, 2.75) is 41.1 Å². The SMILES string of the molecule is CN(C)c1ccc(C2=CC3=C4C(=C5C=C(C(=O)O)S[C@@]5(C)[C@]3(C)S2)C(F)(F)C(F)(F)C4(F)F)cc1. The minimum Gasteiger partial charge on any atom is -0.477 e. The van der Waals surface area contributed by atoms with Crippen LogP contribution in [-0.4, -0.2) is 52.4 Å². The lowest BCUT2D eigenvalue weighted by atomic mass is 9.71. The average molecular weight is 532 g/mol. The molecule has 0 radical (unpaired) electrons. The van der Waals surface area contributed by atoms with E-state index in [-0.39, 0.29) is 10.5 Å². The van der Waals surface area contributed by atoms with Gasteiger partial charge in [-0.1, -0.05) is 12.1 Å². The van der Waals surface area contributed by atoms with Gasteiger partial charge in [0.25, 0.3) is 0 Å². The highest BCUT2D eigenvalue weighted by atomic mass is 32.2. The third-order valence-corrected chi connectivity index (χ3v) is 10.5. The molecule has 2 heterocycles. The van der Waals surface area contributed by atoms with Crippen molar-refractivity contribution >= 4 is 40.1 Å². The van der Waals surface area contributed by atoms with Crippen molar-refractivity contribution in [3.05, 3.63) is 69.2 Å². The third-order valence-electron chi connectivity index (χ3n) is 7.20. The summed E-state index contributed by atoms with van der Waals surface area (Å²) in [6.07, 6.45) is 2.12. The molecule has 1 N–H and O–H groups in total. The molecule has 35 heavy (non-hydrogen) atoms. The van der Waals surface area contributed by atoms with Crippen LogP contribution in [0.25, 0.3) is 4.91 Å². The number of carbonyl (C=O) groups is 1. The van der Waals surface area contributed by atoms with Gasteiger partial charge in [0.05, 0.1) is 14.4 Å². The Bertz CT molecular complexity index is 1310. The molecule has 3 nitrogen and oxygen atoms in total. The van der Waals surface area contributed by atoms with Crippen molar-refractivity contribution in [1.29, 1.82) is 0 Å². The van der Waals surface area contributed by atoms with E-state index < -0.39 is 50.0 Å². The number of benzene rings is 1. The summed E-state index contributed by atoms with van der Waals surface area (Å²) in [6, 6.07) is 7.04. The molecule has 1 aromatic carbocycles. The van der Waals surface area contributed by atoms with E-state index in [1.165, 1.54) is 19.9 Å². The minimum absolute atomic E-state index is 0.329. The fraction of sp³-hybridized carbons (Fsp3) is 0.375. The minimum atomic E-state index is -5.67. The first-order valence-corrected chi connectivity index (χ1v) is 12.1. The molecule has 0 bridgehead atoms. The predicted molar refractivity (Wildman–Crippen MR) is 125 cm³/mol. The number of anilines is 1. The number of allylic oxidation sites excluding steroid dienone is 4. The summed E-state index contributed by atoms with van der Waals surface area (Å²) < 4.78 is 86.8. The zero-order valence-electron chi connectivity index (χ0n) is 18.9. The van der Waals surface area contributed by atoms with Crippen LogP contribution in [0.3, 0.4) is 0 Å². The first-order valence-electron chi connectivity index (χ1n) is 10.5. The Kier molecular flexibility index (Phi) is 4.84. The maximum Gasteiger partial charge on any atom is 0.380 e. The molecule has 0 amide bonds. The van der Waals surface area contributed by atoms with Crippen LogP contribution in [0.4, 0.5) is 32.0 Å². The molecule has 0 unspecified atom stereocenters. The van der Waals surface area contributed by atoms with Crippen molar-refractivity contribution in [2.24, 2.45) is 0 Å². The van der Waals surface area contributed by atoms with Gasteiger partial charge < -0.3 is 10.0 Å². The van der Waals surface area contributed by atoms with Gasteiger partial charge in [-0.3, -0.25) is 0 Å². The summed E-state index contributed by atoms with van der Waals surface area (Å²) in [5, 5.41) is 9.54. The van der Waals surface area contributed by atoms with Crippen molar-refractivity contribution in [1.82, 2.24) is 0 Å². The number of alkyl halides is 6. The summed E-state index contributed by atoms with van der Waals surface area (Å²) in [5.74, 6) is -17.4. The fourth-order valence-electron chi connectivity index (χ4n) is 5.08. The lowest BCUT2D eigenvalue weighted by Crippen LogP contribution is -2.49. The lowest BCUT2D eigenvalue weighted by Gasteiger charge is -2.47. The van der Waals surface area contributed by atoms with Crippen molar-refractivity contribution in [2.75, 3.05) is 19.0 Å². The van der Waals surface area contributed by atoms with Gasteiger partial charge >= 0.3 is 23.7 Å². The number of hydrogen-bond donors (Lipinski definition) is 1. The second-order valence-electron chi connectivity index (χ2n) is 9.33. The molecule has 1 saturated carbocycles. The number of aliphatic carboxylic acids is 1. The molecular weight excluding hydrogens is 512 g/mol. The van der Waals surface area contributed by atoms with E-state index in [1.54, 1.807) is 24.3 Å². The molecule has 2 aliphatic heterocycles. The molecule has 2 aliphatic carbocycles. The Morgan fingerprint density at radius 3 is 1.80 bits per heavy atom. The van der Waals surface area contributed by atoms with E-state index >= 15 is 17.6 Å². The largest absolute Gasteiger partial charge is 0.477 e. The van der Waals surface area contributed by atoms with Crippen molar-refractivity contribution in [3.8, 4) is 0 Å². The van der Waals surface area contributed by atoms with Gasteiger partial charge in [-0.15, -0.1) is 23.5 Å². The first-order chi connectivity index (χ1) is 16.0. The highest BCUT2D eigenvalue weighted by Gasteiger charge is 2.84.